The summed E-state index contributed by atoms with van der Waals surface area (Å²) in [5.74, 6) is 0. The van der Waals surface area contributed by atoms with E-state index in [0.717, 1.165) is 45.3 Å². The summed E-state index contributed by atoms with van der Waals surface area (Å²) >= 11 is 0. The molecule has 0 amide bonds. The maximum absolute atomic E-state index is 5.46. The molecule has 0 aromatic rings. The number of rotatable bonds is 22. The van der Waals surface area contributed by atoms with Crippen LogP contribution in [-0.4, -0.2) is 45.3 Å². The van der Waals surface area contributed by atoms with Crippen LogP contribution in [0.5, 0.6) is 0 Å². The second-order valence-electron chi connectivity index (χ2n) is 7.70. The van der Waals surface area contributed by atoms with Gasteiger partial charge in [0, 0.05) is 45.3 Å². The zero-order chi connectivity index (χ0) is 19.1. The quantitative estimate of drug-likeness (QED) is 0.216. The average molecular weight is 371 g/mol. The molecule has 5 N–H and O–H groups in total. The predicted octanol–water partition coefficient (Wildman–Crippen LogP) is 4.19. The summed E-state index contributed by atoms with van der Waals surface area (Å²) in [6.45, 7) is 10.4. The molecule has 0 aliphatic carbocycles. The number of nitrogens with two attached hydrogens (primary N) is 1. The summed E-state index contributed by atoms with van der Waals surface area (Å²) in [7, 11) is 0. The molecule has 0 bridgehead atoms. The minimum Gasteiger partial charge on any atom is -0.329 e. The fourth-order valence-corrected chi connectivity index (χ4v) is 3.39. The van der Waals surface area contributed by atoms with Gasteiger partial charge in [-0.05, 0) is 12.8 Å². The molecule has 0 spiro atoms. The lowest BCUT2D eigenvalue weighted by atomic mass is 10.0. The first-order chi connectivity index (χ1) is 12.8. The third kappa shape index (κ3) is 20.2. The molecule has 4 nitrogen and oxygen atoms in total. The number of hydrogen-bond donors (Lipinski definition) is 4. The Bertz CT molecular complexity index is 248. The second-order valence-corrected chi connectivity index (χ2v) is 7.70. The Kier molecular flexibility index (Phi) is 22.7. The molecule has 0 aliphatic rings. The number of hydrogen-bond acceptors (Lipinski definition) is 4. The molecule has 0 aromatic carbocycles. The van der Waals surface area contributed by atoms with Gasteiger partial charge in [-0.25, -0.2) is 0 Å². The van der Waals surface area contributed by atoms with Gasteiger partial charge >= 0.3 is 0 Å². The van der Waals surface area contributed by atoms with E-state index in [1.54, 1.807) is 0 Å². The molecule has 0 saturated heterocycles. The molecule has 0 radical (unpaired) electrons. The molecule has 0 aromatic heterocycles. The van der Waals surface area contributed by atoms with Crippen molar-refractivity contribution in [2.45, 2.75) is 103 Å². The lowest BCUT2D eigenvalue weighted by Gasteiger charge is -2.19. The Morgan fingerprint density at radius 1 is 0.577 bits per heavy atom. The number of unbranched alkanes of at least 4 members (excludes halogenated alkanes) is 9. The summed E-state index contributed by atoms with van der Waals surface area (Å²) in [4.78, 5) is 0. The van der Waals surface area contributed by atoms with Crippen LogP contribution in [0.4, 0.5) is 0 Å². The van der Waals surface area contributed by atoms with E-state index < -0.39 is 0 Å². The molecule has 1 atom stereocenters. The Balaban J connectivity index is 3.53. The molecule has 0 heterocycles. The van der Waals surface area contributed by atoms with Crippen molar-refractivity contribution in [3.63, 3.8) is 0 Å². The highest BCUT2D eigenvalue weighted by Crippen LogP contribution is 2.13. The highest BCUT2D eigenvalue weighted by molar-refractivity contribution is 4.68. The van der Waals surface area contributed by atoms with Crippen LogP contribution in [0.3, 0.4) is 0 Å². The maximum atomic E-state index is 5.46. The fourth-order valence-electron chi connectivity index (χ4n) is 3.39. The van der Waals surface area contributed by atoms with E-state index >= 15 is 0 Å². The highest BCUT2D eigenvalue weighted by Gasteiger charge is 2.07. The molecule has 0 aliphatic heterocycles. The van der Waals surface area contributed by atoms with Gasteiger partial charge in [0.05, 0.1) is 0 Å². The summed E-state index contributed by atoms with van der Waals surface area (Å²) in [6, 6.07) is 0.719. The second kappa shape index (κ2) is 22.9. The number of nitrogens with one attached hydrogen (secondary N) is 3. The van der Waals surface area contributed by atoms with Crippen molar-refractivity contribution in [1.82, 2.24) is 16.0 Å². The average Bonchev–Trinajstić information content (AvgIpc) is 2.66. The van der Waals surface area contributed by atoms with E-state index in [4.69, 9.17) is 5.73 Å². The Morgan fingerprint density at radius 2 is 1.08 bits per heavy atom. The monoisotopic (exact) mass is 370 g/mol. The van der Waals surface area contributed by atoms with Gasteiger partial charge in [-0.1, -0.05) is 84.5 Å². The van der Waals surface area contributed by atoms with Crippen molar-refractivity contribution >= 4 is 0 Å². The van der Waals surface area contributed by atoms with Gasteiger partial charge in [0.15, 0.2) is 0 Å². The van der Waals surface area contributed by atoms with Gasteiger partial charge in [0.25, 0.3) is 0 Å². The minimum atomic E-state index is 0.719. The fraction of sp³-hybridized carbons (Fsp3) is 1.00. The van der Waals surface area contributed by atoms with E-state index in [1.807, 2.05) is 0 Å². The van der Waals surface area contributed by atoms with Crippen LogP contribution >= 0.6 is 0 Å². The van der Waals surface area contributed by atoms with Crippen molar-refractivity contribution in [2.24, 2.45) is 5.73 Å². The SMILES string of the molecule is CCCCCCCCCCCC(CCCC)NCCNCCNCCN. The first-order valence-electron chi connectivity index (χ1n) is 11.7. The van der Waals surface area contributed by atoms with Crippen molar-refractivity contribution < 1.29 is 0 Å². The van der Waals surface area contributed by atoms with E-state index in [9.17, 15) is 0 Å². The maximum Gasteiger partial charge on any atom is 0.00793 e. The third-order valence-electron chi connectivity index (χ3n) is 5.10. The van der Waals surface area contributed by atoms with Gasteiger partial charge in [-0.15, -0.1) is 0 Å². The molecule has 26 heavy (non-hydrogen) atoms. The summed E-state index contributed by atoms with van der Waals surface area (Å²) in [5, 5.41) is 10.6. The van der Waals surface area contributed by atoms with Gasteiger partial charge in [-0.3, -0.25) is 0 Å². The molecule has 1 unspecified atom stereocenters. The lowest BCUT2D eigenvalue weighted by Crippen LogP contribution is -2.37. The Hall–Kier alpha value is -0.160. The van der Waals surface area contributed by atoms with Gasteiger partial charge in [0.1, 0.15) is 0 Å². The van der Waals surface area contributed by atoms with E-state index in [0.29, 0.717) is 0 Å². The van der Waals surface area contributed by atoms with Gasteiger partial charge < -0.3 is 21.7 Å². The van der Waals surface area contributed by atoms with Crippen LogP contribution in [0, 0.1) is 0 Å². The molecule has 158 valence electrons. The first-order valence-corrected chi connectivity index (χ1v) is 11.7. The Labute approximate surface area is 164 Å². The minimum absolute atomic E-state index is 0.719. The molecule has 0 saturated carbocycles. The normalized spacial score (nSPS) is 12.6. The van der Waals surface area contributed by atoms with E-state index in [-0.39, 0.29) is 0 Å². The van der Waals surface area contributed by atoms with Crippen LogP contribution in [0.2, 0.25) is 0 Å². The molecule has 4 heteroatoms. The van der Waals surface area contributed by atoms with Crippen molar-refractivity contribution in [3.05, 3.63) is 0 Å². The zero-order valence-corrected chi connectivity index (χ0v) is 18.1. The zero-order valence-electron chi connectivity index (χ0n) is 18.1. The summed E-state index contributed by atoms with van der Waals surface area (Å²) < 4.78 is 0. The van der Waals surface area contributed by atoms with Crippen molar-refractivity contribution in [3.8, 4) is 0 Å². The first kappa shape index (κ1) is 25.8. The van der Waals surface area contributed by atoms with E-state index in [1.165, 1.54) is 83.5 Å². The molecular formula is C22H50N4. The van der Waals surface area contributed by atoms with Crippen LogP contribution in [0.1, 0.15) is 97.3 Å². The standard InChI is InChI=1S/C22H50N4/c1-3-5-7-8-9-10-11-12-13-15-22(14-6-4-2)26-21-20-25-19-18-24-17-16-23/h22,24-26H,3-21,23H2,1-2H3. The van der Waals surface area contributed by atoms with Crippen LogP contribution < -0.4 is 21.7 Å². The largest absolute Gasteiger partial charge is 0.329 e. The van der Waals surface area contributed by atoms with Gasteiger partial charge in [-0.2, -0.15) is 0 Å². The predicted molar refractivity (Wildman–Crippen MR) is 118 cm³/mol. The van der Waals surface area contributed by atoms with Crippen molar-refractivity contribution in [2.75, 3.05) is 39.3 Å². The van der Waals surface area contributed by atoms with Crippen LogP contribution in [0.15, 0.2) is 0 Å². The lowest BCUT2D eigenvalue weighted by molar-refractivity contribution is 0.415. The topological polar surface area (TPSA) is 62.1 Å². The summed E-state index contributed by atoms with van der Waals surface area (Å²) in [6.07, 6.45) is 18.2. The Morgan fingerprint density at radius 3 is 1.69 bits per heavy atom. The third-order valence-corrected chi connectivity index (χ3v) is 5.10. The van der Waals surface area contributed by atoms with Crippen LogP contribution in [0.25, 0.3) is 0 Å². The smallest absolute Gasteiger partial charge is 0.00793 e. The van der Waals surface area contributed by atoms with Crippen molar-refractivity contribution in [1.29, 1.82) is 0 Å². The van der Waals surface area contributed by atoms with Crippen LogP contribution in [-0.2, 0) is 0 Å². The molecule has 0 rings (SSSR count). The molecular weight excluding hydrogens is 320 g/mol. The highest BCUT2D eigenvalue weighted by atomic mass is 15.0. The van der Waals surface area contributed by atoms with E-state index in [2.05, 4.69) is 29.8 Å². The molecule has 0 fully saturated rings. The summed E-state index contributed by atoms with van der Waals surface area (Å²) in [5.41, 5.74) is 5.46. The van der Waals surface area contributed by atoms with Gasteiger partial charge in [0.2, 0.25) is 0 Å².